The Kier molecular flexibility index (Phi) is 5.08. The summed E-state index contributed by atoms with van der Waals surface area (Å²) in [7, 11) is 0. The van der Waals surface area contributed by atoms with Crippen LogP contribution in [-0.2, 0) is 6.61 Å². The number of nitrogens with zero attached hydrogens (tertiary/aromatic N) is 2. The number of likely N-dealkylation sites (tertiary alicyclic amines) is 1. The van der Waals surface area contributed by atoms with Gasteiger partial charge in [-0.1, -0.05) is 17.3 Å². The van der Waals surface area contributed by atoms with Crippen LogP contribution in [0.5, 0.6) is 5.75 Å². The normalized spacial score (nSPS) is 20.1. The Hall–Kier alpha value is -2.34. The van der Waals surface area contributed by atoms with Gasteiger partial charge in [-0.3, -0.25) is 4.79 Å². The van der Waals surface area contributed by atoms with Gasteiger partial charge in [0, 0.05) is 12.6 Å². The van der Waals surface area contributed by atoms with Crippen molar-refractivity contribution in [1.29, 1.82) is 0 Å². The van der Waals surface area contributed by atoms with Gasteiger partial charge in [0.1, 0.15) is 18.1 Å². The minimum atomic E-state index is -0.00203. The van der Waals surface area contributed by atoms with Crippen molar-refractivity contribution in [3.63, 3.8) is 0 Å². The molecular formula is C19H25N3O3. The number of carbonyl (C=O) groups excluding carboxylic acids is 1. The van der Waals surface area contributed by atoms with Gasteiger partial charge in [0.15, 0.2) is 0 Å². The highest BCUT2D eigenvalue weighted by atomic mass is 16.5. The summed E-state index contributed by atoms with van der Waals surface area (Å²) >= 11 is 0. The van der Waals surface area contributed by atoms with E-state index in [1.54, 1.807) is 0 Å². The summed E-state index contributed by atoms with van der Waals surface area (Å²) in [5.74, 6) is 1.68. The molecule has 1 fully saturated rings. The molecule has 3 rings (SSSR count). The zero-order valence-electron chi connectivity index (χ0n) is 15.0. The van der Waals surface area contributed by atoms with E-state index in [4.69, 9.17) is 15.0 Å². The van der Waals surface area contributed by atoms with Crippen LogP contribution in [0.1, 0.15) is 40.7 Å². The third-order valence-corrected chi connectivity index (χ3v) is 4.93. The molecule has 6 nitrogen and oxygen atoms in total. The van der Waals surface area contributed by atoms with Gasteiger partial charge in [-0.2, -0.15) is 0 Å². The molecule has 2 aromatic rings. The molecule has 2 atom stereocenters. The van der Waals surface area contributed by atoms with Crippen LogP contribution in [0.4, 0.5) is 0 Å². The van der Waals surface area contributed by atoms with Crippen molar-refractivity contribution in [1.82, 2.24) is 10.1 Å². The SMILES string of the molecule is Cc1noc(C)c1COc1ccccc1C(=O)N1CC(CN)CC1C. The highest BCUT2D eigenvalue weighted by Gasteiger charge is 2.33. The molecule has 0 bridgehead atoms. The van der Waals surface area contributed by atoms with Crippen molar-refractivity contribution in [3.05, 3.63) is 46.8 Å². The Bertz CT molecular complexity index is 737. The van der Waals surface area contributed by atoms with Crippen molar-refractivity contribution in [2.24, 2.45) is 11.7 Å². The van der Waals surface area contributed by atoms with Crippen molar-refractivity contribution < 1.29 is 14.1 Å². The molecule has 1 aromatic carbocycles. The number of rotatable bonds is 5. The Morgan fingerprint density at radius 2 is 2.16 bits per heavy atom. The van der Waals surface area contributed by atoms with Crippen LogP contribution in [0.15, 0.2) is 28.8 Å². The molecule has 2 heterocycles. The van der Waals surface area contributed by atoms with Crippen molar-refractivity contribution in [2.75, 3.05) is 13.1 Å². The summed E-state index contributed by atoms with van der Waals surface area (Å²) in [5.41, 5.74) is 8.08. The average molecular weight is 343 g/mol. The van der Waals surface area contributed by atoms with E-state index in [-0.39, 0.29) is 11.9 Å². The standard InChI is InChI=1S/C19H25N3O3/c1-12-8-15(9-20)10-22(12)19(23)16-6-4-5-7-18(16)24-11-17-13(2)21-25-14(17)3/h4-7,12,15H,8-11,20H2,1-3H3. The lowest BCUT2D eigenvalue weighted by Crippen LogP contribution is -2.34. The van der Waals surface area contributed by atoms with Gasteiger partial charge in [0.2, 0.25) is 0 Å². The van der Waals surface area contributed by atoms with Crippen LogP contribution in [0.3, 0.4) is 0 Å². The maximum absolute atomic E-state index is 13.0. The predicted octanol–water partition coefficient (Wildman–Crippen LogP) is 2.68. The van der Waals surface area contributed by atoms with Crippen LogP contribution >= 0.6 is 0 Å². The number of para-hydroxylation sites is 1. The molecule has 1 aliphatic heterocycles. The van der Waals surface area contributed by atoms with E-state index >= 15 is 0 Å². The van der Waals surface area contributed by atoms with Crippen LogP contribution in [0.25, 0.3) is 0 Å². The second kappa shape index (κ2) is 7.27. The smallest absolute Gasteiger partial charge is 0.257 e. The highest BCUT2D eigenvalue weighted by Crippen LogP contribution is 2.28. The Morgan fingerprint density at radius 3 is 2.80 bits per heavy atom. The molecule has 1 amide bonds. The quantitative estimate of drug-likeness (QED) is 0.902. The summed E-state index contributed by atoms with van der Waals surface area (Å²) in [6.45, 7) is 7.44. The average Bonchev–Trinajstić information content (AvgIpc) is 3.15. The van der Waals surface area contributed by atoms with Crippen molar-refractivity contribution >= 4 is 5.91 Å². The molecule has 0 spiro atoms. The number of benzene rings is 1. The van der Waals surface area contributed by atoms with E-state index in [1.165, 1.54) is 0 Å². The number of hydrogen-bond acceptors (Lipinski definition) is 5. The maximum Gasteiger partial charge on any atom is 0.257 e. The molecule has 2 unspecified atom stereocenters. The van der Waals surface area contributed by atoms with Crippen molar-refractivity contribution in [3.8, 4) is 5.75 Å². The van der Waals surface area contributed by atoms with E-state index in [1.807, 2.05) is 43.0 Å². The second-order valence-corrected chi connectivity index (χ2v) is 6.73. The number of amides is 1. The van der Waals surface area contributed by atoms with Crippen LogP contribution < -0.4 is 10.5 Å². The zero-order valence-corrected chi connectivity index (χ0v) is 15.0. The number of aromatic nitrogens is 1. The molecule has 1 aromatic heterocycles. The van der Waals surface area contributed by atoms with Gasteiger partial charge in [-0.05, 0) is 51.8 Å². The topological polar surface area (TPSA) is 81.6 Å². The minimum Gasteiger partial charge on any atom is -0.488 e. The van der Waals surface area contributed by atoms with E-state index in [0.717, 1.165) is 23.4 Å². The largest absolute Gasteiger partial charge is 0.488 e. The maximum atomic E-state index is 13.0. The number of nitrogens with two attached hydrogens (primary N) is 1. The first-order valence-corrected chi connectivity index (χ1v) is 8.65. The van der Waals surface area contributed by atoms with Crippen molar-refractivity contribution in [2.45, 2.75) is 39.8 Å². The molecule has 6 heteroatoms. The summed E-state index contributed by atoms with van der Waals surface area (Å²) in [6.07, 6.45) is 0.949. The lowest BCUT2D eigenvalue weighted by atomic mass is 10.1. The number of hydrogen-bond donors (Lipinski definition) is 1. The fraction of sp³-hybridized carbons (Fsp3) is 0.474. The first-order valence-electron chi connectivity index (χ1n) is 8.65. The van der Waals surface area contributed by atoms with E-state index in [9.17, 15) is 4.79 Å². The van der Waals surface area contributed by atoms with Gasteiger partial charge in [0.05, 0.1) is 16.8 Å². The fourth-order valence-electron chi connectivity index (χ4n) is 3.38. The first kappa shape index (κ1) is 17.5. The van der Waals surface area contributed by atoms with Gasteiger partial charge < -0.3 is 19.9 Å². The Labute approximate surface area is 147 Å². The summed E-state index contributed by atoms with van der Waals surface area (Å²) in [5, 5.41) is 3.93. The molecule has 0 radical (unpaired) electrons. The molecule has 2 N–H and O–H groups in total. The molecule has 0 saturated carbocycles. The molecule has 134 valence electrons. The summed E-state index contributed by atoms with van der Waals surface area (Å²) < 4.78 is 11.1. The molecule has 1 saturated heterocycles. The van der Waals surface area contributed by atoms with Gasteiger partial charge in [0.25, 0.3) is 5.91 Å². The van der Waals surface area contributed by atoms with E-state index < -0.39 is 0 Å². The minimum absolute atomic E-state index is 0.00203. The third-order valence-electron chi connectivity index (χ3n) is 4.93. The van der Waals surface area contributed by atoms with Gasteiger partial charge in [-0.25, -0.2) is 0 Å². The van der Waals surface area contributed by atoms with Crippen LogP contribution in [0, 0.1) is 19.8 Å². The van der Waals surface area contributed by atoms with Crippen LogP contribution in [0.2, 0.25) is 0 Å². The van der Waals surface area contributed by atoms with Gasteiger partial charge >= 0.3 is 0 Å². The number of ether oxygens (including phenoxy) is 1. The molecular weight excluding hydrogens is 318 g/mol. The van der Waals surface area contributed by atoms with Crippen LogP contribution in [-0.4, -0.2) is 35.1 Å². The molecule has 0 aliphatic carbocycles. The third kappa shape index (κ3) is 3.54. The summed E-state index contributed by atoms with van der Waals surface area (Å²) in [6, 6.07) is 7.56. The molecule has 1 aliphatic rings. The fourth-order valence-corrected chi connectivity index (χ4v) is 3.38. The monoisotopic (exact) mass is 343 g/mol. The van der Waals surface area contributed by atoms with Gasteiger partial charge in [-0.15, -0.1) is 0 Å². The molecule has 25 heavy (non-hydrogen) atoms. The first-order chi connectivity index (χ1) is 12.0. The summed E-state index contributed by atoms with van der Waals surface area (Å²) in [4.78, 5) is 14.9. The Morgan fingerprint density at radius 1 is 1.40 bits per heavy atom. The lowest BCUT2D eigenvalue weighted by Gasteiger charge is -2.23. The highest BCUT2D eigenvalue weighted by molar-refractivity contribution is 5.97. The predicted molar refractivity (Wildman–Crippen MR) is 94.4 cm³/mol. The van der Waals surface area contributed by atoms with E-state index in [2.05, 4.69) is 12.1 Å². The Balaban J connectivity index is 1.78. The zero-order chi connectivity index (χ0) is 18.0. The van der Waals surface area contributed by atoms with E-state index in [0.29, 0.717) is 36.9 Å². The number of carbonyl (C=O) groups is 1. The lowest BCUT2D eigenvalue weighted by molar-refractivity contribution is 0.0738. The number of aryl methyl sites for hydroxylation is 2. The second-order valence-electron chi connectivity index (χ2n) is 6.73.